The maximum Gasteiger partial charge on any atom is 0.0644 e. The first-order valence-corrected chi connectivity index (χ1v) is 12.0. The van der Waals surface area contributed by atoms with E-state index in [4.69, 9.17) is 0 Å². The van der Waals surface area contributed by atoms with Gasteiger partial charge >= 0.3 is 0 Å². The minimum Gasteiger partial charge on any atom is -0.371 e. The molecular formula is C25H29N3S. The highest BCUT2D eigenvalue weighted by molar-refractivity contribution is 7.17. The fourth-order valence-corrected chi connectivity index (χ4v) is 6.87. The lowest BCUT2D eigenvalue weighted by molar-refractivity contribution is 0.191. The van der Waals surface area contributed by atoms with Crippen LogP contribution >= 0.6 is 11.3 Å². The van der Waals surface area contributed by atoms with Crippen molar-refractivity contribution in [2.24, 2.45) is 0 Å². The second-order valence-electron chi connectivity index (χ2n) is 8.95. The Hall–Kier alpha value is -2.04. The molecule has 1 saturated heterocycles. The Bertz CT molecular complexity index is 1040. The molecule has 3 aliphatic rings. The van der Waals surface area contributed by atoms with E-state index in [1.807, 2.05) is 11.3 Å². The third-order valence-corrected chi connectivity index (χ3v) is 8.37. The zero-order chi connectivity index (χ0) is 19.4. The average Bonchev–Trinajstić information content (AvgIpc) is 3.35. The summed E-state index contributed by atoms with van der Waals surface area (Å²) < 4.78 is 1.49. The molecule has 0 N–H and O–H groups in total. The molecule has 150 valence electrons. The summed E-state index contributed by atoms with van der Waals surface area (Å²) in [6.07, 6.45) is 3.76. The number of aryl methyl sites for hydroxylation is 1. The number of piperidine rings is 1. The number of hydrogen-bond acceptors (Lipinski definition) is 4. The molecule has 4 heterocycles. The number of likely N-dealkylation sites (tertiary alicyclic amines) is 1. The number of benzene rings is 2. The maximum atomic E-state index is 2.74. The van der Waals surface area contributed by atoms with Crippen molar-refractivity contribution >= 4 is 32.8 Å². The van der Waals surface area contributed by atoms with Crippen molar-refractivity contribution in [3.8, 4) is 0 Å². The molecular weight excluding hydrogens is 374 g/mol. The van der Waals surface area contributed by atoms with Crippen LogP contribution < -0.4 is 9.80 Å². The maximum absolute atomic E-state index is 2.74. The van der Waals surface area contributed by atoms with Gasteiger partial charge in [0.25, 0.3) is 0 Å². The monoisotopic (exact) mass is 403 g/mol. The number of para-hydroxylation sites is 1. The van der Waals surface area contributed by atoms with Gasteiger partial charge in [-0.2, -0.15) is 0 Å². The van der Waals surface area contributed by atoms with E-state index in [2.05, 4.69) is 69.6 Å². The lowest BCUT2D eigenvalue weighted by atomic mass is 9.89. The molecule has 0 unspecified atom stereocenters. The summed E-state index contributed by atoms with van der Waals surface area (Å²) in [5, 5.41) is 3.63. The van der Waals surface area contributed by atoms with Gasteiger partial charge in [0.2, 0.25) is 0 Å². The van der Waals surface area contributed by atoms with E-state index in [1.165, 1.54) is 66.8 Å². The van der Waals surface area contributed by atoms with E-state index < -0.39 is 0 Å². The topological polar surface area (TPSA) is 9.72 Å². The van der Waals surface area contributed by atoms with Crippen LogP contribution in [0.3, 0.4) is 0 Å². The molecule has 6 rings (SSSR count). The first kappa shape index (κ1) is 17.8. The predicted octanol–water partition coefficient (Wildman–Crippen LogP) is 4.96. The van der Waals surface area contributed by atoms with Crippen molar-refractivity contribution in [1.29, 1.82) is 0 Å². The summed E-state index contributed by atoms with van der Waals surface area (Å²) >= 11 is 1.89. The molecule has 1 fully saturated rings. The highest BCUT2D eigenvalue weighted by Crippen LogP contribution is 2.50. The second kappa shape index (κ2) is 7.03. The van der Waals surface area contributed by atoms with Crippen LogP contribution in [0.1, 0.15) is 29.9 Å². The fraction of sp³-hybridized carbons (Fsp3) is 0.440. The standard InChI is InChI=1S/C25H29N3S/c1-26-14-15-28-22-10-13-27(17-21(22)20-8-3-9-23(26)24(20)28)12-4-7-18-5-2-6-19-11-16-29-25(18)19/h2-3,5-6,8-9,11,16,21-22H,4,7,10,12-15,17H2,1H3/t21-,22-/m0/s1. The highest BCUT2D eigenvalue weighted by atomic mass is 32.1. The molecule has 3 aliphatic heterocycles. The average molecular weight is 404 g/mol. The number of nitrogens with zero attached hydrogens (tertiary/aromatic N) is 3. The van der Waals surface area contributed by atoms with E-state index in [9.17, 15) is 0 Å². The highest BCUT2D eigenvalue weighted by Gasteiger charge is 2.44. The lowest BCUT2D eigenvalue weighted by Gasteiger charge is -2.41. The van der Waals surface area contributed by atoms with Gasteiger partial charge in [-0.05, 0) is 59.8 Å². The van der Waals surface area contributed by atoms with Crippen LogP contribution in [0.5, 0.6) is 0 Å². The van der Waals surface area contributed by atoms with Gasteiger partial charge in [0.1, 0.15) is 0 Å². The predicted molar refractivity (Wildman–Crippen MR) is 125 cm³/mol. The van der Waals surface area contributed by atoms with Crippen LogP contribution in [0.2, 0.25) is 0 Å². The summed E-state index contributed by atoms with van der Waals surface area (Å²) in [6.45, 7) is 6.04. The van der Waals surface area contributed by atoms with E-state index in [1.54, 1.807) is 11.3 Å². The lowest BCUT2D eigenvalue weighted by Crippen LogP contribution is -2.49. The van der Waals surface area contributed by atoms with Crippen molar-refractivity contribution in [2.45, 2.75) is 31.2 Å². The molecule has 4 heteroatoms. The van der Waals surface area contributed by atoms with Crippen LogP contribution in [-0.2, 0) is 6.42 Å². The number of rotatable bonds is 4. The Kier molecular flexibility index (Phi) is 4.31. The van der Waals surface area contributed by atoms with Crippen LogP contribution in [0.15, 0.2) is 47.8 Å². The quantitative estimate of drug-likeness (QED) is 0.609. The van der Waals surface area contributed by atoms with Gasteiger partial charge in [0.15, 0.2) is 0 Å². The van der Waals surface area contributed by atoms with Gasteiger partial charge in [-0.3, -0.25) is 0 Å². The van der Waals surface area contributed by atoms with Crippen LogP contribution in [-0.4, -0.2) is 50.7 Å². The number of hydrogen-bond donors (Lipinski definition) is 0. The number of anilines is 2. The van der Waals surface area contributed by atoms with E-state index >= 15 is 0 Å². The molecule has 0 aliphatic carbocycles. The third kappa shape index (κ3) is 2.88. The molecule has 29 heavy (non-hydrogen) atoms. The van der Waals surface area contributed by atoms with Crippen molar-refractivity contribution in [3.63, 3.8) is 0 Å². The number of fused-ring (bicyclic) bond motifs is 4. The number of thiophene rings is 1. The smallest absolute Gasteiger partial charge is 0.0644 e. The zero-order valence-corrected chi connectivity index (χ0v) is 18.0. The van der Waals surface area contributed by atoms with Gasteiger partial charge in [-0.1, -0.05) is 30.3 Å². The van der Waals surface area contributed by atoms with Crippen LogP contribution in [0.4, 0.5) is 11.4 Å². The fourth-order valence-electron chi connectivity index (χ4n) is 5.92. The van der Waals surface area contributed by atoms with E-state index in [0.717, 1.165) is 12.6 Å². The molecule has 0 bridgehead atoms. The summed E-state index contributed by atoms with van der Waals surface area (Å²) in [4.78, 5) is 7.91. The molecule has 2 aromatic carbocycles. The molecule has 0 radical (unpaired) electrons. The van der Waals surface area contributed by atoms with Gasteiger partial charge in [-0.25, -0.2) is 0 Å². The Morgan fingerprint density at radius 3 is 2.93 bits per heavy atom. The SMILES string of the molecule is CN1CCN2c3c(cccc31)[C@@H]1CN(CCCc3cccc4ccsc34)CC[C@@H]12. The first-order valence-electron chi connectivity index (χ1n) is 11.1. The Balaban J connectivity index is 1.16. The molecule has 3 aromatic rings. The minimum atomic E-state index is 0.686. The zero-order valence-electron chi connectivity index (χ0n) is 17.2. The van der Waals surface area contributed by atoms with E-state index in [0.29, 0.717) is 5.92 Å². The summed E-state index contributed by atoms with van der Waals surface area (Å²) in [5.41, 5.74) is 6.12. The van der Waals surface area contributed by atoms with Crippen LogP contribution in [0, 0.1) is 0 Å². The van der Waals surface area contributed by atoms with Gasteiger partial charge in [0.05, 0.1) is 11.4 Å². The van der Waals surface area contributed by atoms with Gasteiger partial charge in [-0.15, -0.1) is 11.3 Å². The largest absolute Gasteiger partial charge is 0.371 e. The summed E-state index contributed by atoms with van der Waals surface area (Å²) in [6, 6.07) is 16.7. The molecule has 0 amide bonds. The molecule has 3 nitrogen and oxygen atoms in total. The van der Waals surface area contributed by atoms with Crippen LogP contribution in [0.25, 0.3) is 10.1 Å². The van der Waals surface area contributed by atoms with Gasteiger partial charge in [0, 0.05) is 49.9 Å². The summed E-state index contributed by atoms with van der Waals surface area (Å²) in [5.74, 6) is 0.686. The first-order chi connectivity index (χ1) is 14.3. The molecule has 0 spiro atoms. The second-order valence-corrected chi connectivity index (χ2v) is 9.87. The van der Waals surface area contributed by atoms with Crippen molar-refractivity contribution < 1.29 is 0 Å². The van der Waals surface area contributed by atoms with E-state index in [-0.39, 0.29) is 0 Å². The third-order valence-electron chi connectivity index (χ3n) is 7.36. The van der Waals surface area contributed by atoms with Gasteiger partial charge < -0.3 is 14.7 Å². The van der Waals surface area contributed by atoms with Crippen molar-refractivity contribution in [1.82, 2.24) is 4.90 Å². The molecule has 2 atom stereocenters. The normalized spacial score (nSPS) is 23.5. The Labute approximate surface area is 177 Å². The van der Waals surface area contributed by atoms with Crippen molar-refractivity contribution in [2.75, 3.05) is 49.6 Å². The Morgan fingerprint density at radius 1 is 1.03 bits per heavy atom. The van der Waals surface area contributed by atoms with Crippen molar-refractivity contribution in [3.05, 3.63) is 59.0 Å². The molecule has 1 aromatic heterocycles. The molecule has 0 saturated carbocycles. The summed E-state index contributed by atoms with van der Waals surface area (Å²) in [7, 11) is 2.25. The minimum absolute atomic E-state index is 0.686. The number of likely N-dealkylation sites (N-methyl/N-ethyl adjacent to an activating group) is 1. The Morgan fingerprint density at radius 2 is 1.97 bits per heavy atom.